The molecule has 0 N–H and O–H groups in total. The van der Waals surface area contributed by atoms with Crippen LogP contribution in [0.25, 0.3) is 0 Å². The molecule has 1 aromatic carbocycles. The van der Waals surface area contributed by atoms with Gasteiger partial charge in [0.25, 0.3) is 0 Å². The van der Waals surface area contributed by atoms with Gasteiger partial charge in [-0.3, -0.25) is 0 Å². The van der Waals surface area contributed by atoms with Gasteiger partial charge in [-0.2, -0.15) is 4.99 Å². The molecule has 3 heteroatoms. The van der Waals surface area contributed by atoms with Crippen LogP contribution < -0.4 is 4.74 Å². The maximum Gasteiger partial charge on any atom is 0.235 e. The highest BCUT2D eigenvalue weighted by molar-refractivity contribution is 5.47. The monoisotopic (exact) mass is 217 g/mol. The quantitative estimate of drug-likeness (QED) is 0.576. The Morgan fingerprint density at radius 1 is 1.44 bits per heavy atom. The van der Waals surface area contributed by atoms with Crippen molar-refractivity contribution in [3.05, 3.63) is 29.3 Å². The standard InChI is InChI=1S/C13H15NO2/c1-10-11(5-3-6-12(10)16-2)13(14-9-15)7-4-8-13/h3,5-6H,4,7-8H2,1-2H3. The molecule has 0 saturated heterocycles. The average molecular weight is 217 g/mol. The summed E-state index contributed by atoms with van der Waals surface area (Å²) in [6.45, 7) is 2.01. The van der Waals surface area contributed by atoms with Crippen LogP contribution in [-0.2, 0) is 10.3 Å². The van der Waals surface area contributed by atoms with Crippen molar-refractivity contribution in [3.8, 4) is 5.75 Å². The minimum Gasteiger partial charge on any atom is -0.496 e. The third-order valence-corrected chi connectivity index (χ3v) is 3.45. The SMILES string of the molecule is COc1cccc(C2(N=C=O)CCC2)c1C. The van der Waals surface area contributed by atoms with Gasteiger partial charge in [0, 0.05) is 0 Å². The van der Waals surface area contributed by atoms with Crippen molar-refractivity contribution in [1.82, 2.24) is 0 Å². The first-order chi connectivity index (χ1) is 7.73. The summed E-state index contributed by atoms with van der Waals surface area (Å²) in [6.07, 6.45) is 4.67. The Labute approximate surface area is 95.2 Å². The second-order valence-corrected chi connectivity index (χ2v) is 4.22. The Bertz CT molecular complexity index is 443. The van der Waals surface area contributed by atoms with Crippen LogP contribution in [0.15, 0.2) is 23.2 Å². The molecule has 1 fully saturated rings. The number of isocyanates is 1. The van der Waals surface area contributed by atoms with Gasteiger partial charge in [-0.05, 0) is 43.4 Å². The van der Waals surface area contributed by atoms with Crippen LogP contribution in [0.2, 0.25) is 0 Å². The van der Waals surface area contributed by atoms with Crippen molar-refractivity contribution in [2.24, 2.45) is 4.99 Å². The number of nitrogens with zero attached hydrogens (tertiary/aromatic N) is 1. The third-order valence-electron chi connectivity index (χ3n) is 3.45. The van der Waals surface area contributed by atoms with E-state index >= 15 is 0 Å². The lowest BCUT2D eigenvalue weighted by molar-refractivity contribution is 0.253. The van der Waals surface area contributed by atoms with Gasteiger partial charge in [-0.15, -0.1) is 0 Å². The lowest BCUT2D eigenvalue weighted by Crippen LogP contribution is -2.32. The highest BCUT2D eigenvalue weighted by atomic mass is 16.5. The number of hydrogen-bond acceptors (Lipinski definition) is 3. The molecule has 1 saturated carbocycles. The fourth-order valence-electron chi connectivity index (χ4n) is 2.38. The molecule has 0 heterocycles. The van der Waals surface area contributed by atoms with Gasteiger partial charge in [0.15, 0.2) is 0 Å². The van der Waals surface area contributed by atoms with Gasteiger partial charge in [0.1, 0.15) is 5.75 Å². The van der Waals surface area contributed by atoms with Gasteiger partial charge in [0.2, 0.25) is 6.08 Å². The molecule has 0 bridgehead atoms. The highest BCUT2D eigenvalue weighted by Crippen LogP contribution is 2.47. The predicted molar refractivity (Wildman–Crippen MR) is 61.4 cm³/mol. The molecule has 16 heavy (non-hydrogen) atoms. The number of ether oxygens (including phenoxy) is 1. The molecule has 0 aliphatic heterocycles. The molecule has 0 atom stereocenters. The topological polar surface area (TPSA) is 38.7 Å². The molecular weight excluding hydrogens is 202 g/mol. The number of aliphatic imine (C=N–C) groups is 1. The molecule has 2 rings (SSSR count). The van der Waals surface area contributed by atoms with E-state index in [2.05, 4.69) is 4.99 Å². The van der Waals surface area contributed by atoms with E-state index in [1.54, 1.807) is 13.2 Å². The Balaban J connectivity index is 2.50. The molecule has 1 aliphatic carbocycles. The van der Waals surface area contributed by atoms with Crippen LogP contribution in [0.5, 0.6) is 5.75 Å². The van der Waals surface area contributed by atoms with E-state index in [9.17, 15) is 4.79 Å². The Kier molecular flexibility index (Phi) is 2.80. The molecule has 0 spiro atoms. The summed E-state index contributed by atoms with van der Waals surface area (Å²) in [5, 5.41) is 0. The van der Waals surface area contributed by atoms with E-state index < -0.39 is 0 Å². The van der Waals surface area contributed by atoms with E-state index in [1.807, 2.05) is 25.1 Å². The van der Waals surface area contributed by atoms with Crippen LogP contribution >= 0.6 is 0 Å². The maximum absolute atomic E-state index is 10.5. The van der Waals surface area contributed by atoms with Gasteiger partial charge in [-0.25, -0.2) is 4.79 Å². The summed E-state index contributed by atoms with van der Waals surface area (Å²) in [4.78, 5) is 14.5. The van der Waals surface area contributed by atoms with Crippen molar-refractivity contribution < 1.29 is 9.53 Å². The summed E-state index contributed by atoms with van der Waals surface area (Å²) < 4.78 is 5.29. The number of benzene rings is 1. The van der Waals surface area contributed by atoms with Crippen molar-refractivity contribution >= 4 is 6.08 Å². The van der Waals surface area contributed by atoms with Crippen molar-refractivity contribution in [1.29, 1.82) is 0 Å². The second-order valence-electron chi connectivity index (χ2n) is 4.22. The first-order valence-corrected chi connectivity index (χ1v) is 5.46. The number of rotatable bonds is 3. The van der Waals surface area contributed by atoms with Crippen molar-refractivity contribution in [2.45, 2.75) is 31.7 Å². The van der Waals surface area contributed by atoms with E-state index in [1.165, 1.54) is 0 Å². The Morgan fingerprint density at radius 2 is 2.19 bits per heavy atom. The van der Waals surface area contributed by atoms with Crippen LogP contribution in [0, 0.1) is 6.92 Å². The smallest absolute Gasteiger partial charge is 0.235 e. The number of methoxy groups -OCH3 is 1. The first kappa shape index (κ1) is 10.9. The largest absolute Gasteiger partial charge is 0.496 e. The van der Waals surface area contributed by atoms with E-state index in [0.717, 1.165) is 36.1 Å². The van der Waals surface area contributed by atoms with Crippen LogP contribution in [-0.4, -0.2) is 13.2 Å². The summed E-state index contributed by atoms with van der Waals surface area (Å²) in [5.41, 5.74) is 1.84. The lowest BCUT2D eigenvalue weighted by Gasteiger charge is -2.38. The minimum absolute atomic E-state index is 0.333. The van der Waals surface area contributed by atoms with Gasteiger partial charge in [-0.1, -0.05) is 12.1 Å². The van der Waals surface area contributed by atoms with Crippen LogP contribution in [0.4, 0.5) is 0 Å². The van der Waals surface area contributed by atoms with Crippen molar-refractivity contribution in [2.75, 3.05) is 7.11 Å². The molecule has 1 aromatic rings. The van der Waals surface area contributed by atoms with E-state index in [-0.39, 0.29) is 5.54 Å². The van der Waals surface area contributed by atoms with E-state index in [0.29, 0.717) is 0 Å². The molecule has 0 unspecified atom stereocenters. The van der Waals surface area contributed by atoms with Gasteiger partial charge >= 0.3 is 0 Å². The summed E-state index contributed by atoms with van der Waals surface area (Å²) in [7, 11) is 1.66. The zero-order valence-corrected chi connectivity index (χ0v) is 9.62. The van der Waals surface area contributed by atoms with Gasteiger partial charge in [0.05, 0.1) is 12.6 Å². The molecule has 0 amide bonds. The molecule has 84 valence electrons. The van der Waals surface area contributed by atoms with Gasteiger partial charge < -0.3 is 4.74 Å². The fourth-order valence-corrected chi connectivity index (χ4v) is 2.38. The maximum atomic E-state index is 10.5. The van der Waals surface area contributed by atoms with Crippen LogP contribution in [0.3, 0.4) is 0 Å². The zero-order chi connectivity index (χ0) is 11.6. The first-order valence-electron chi connectivity index (χ1n) is 5.46. The predicted octanol–water partition coefficient (Wildman–Crippen LogP) is 2.72. The lowest BCUT2D eigenvalue weighted by atomic mass is 9.71. The Hall–Kier alpha value is -1.60. The second kappa shape index (κ2) is 4.11. The molecule has 3 nitrogen and oxygen atoms in total. The van der Waals surface area contributed by atoms with Crippen molar-refractivity contribution in [3.63, 3.8) is 0 Å². The normalized spacial score (nSPS) is 17.1. The van der Waals surface area contributed by atoms with Crippen LogP contribution in [0.1, 0.15) is 30.4 Å². The minimum atomic E-state index is -0.333. The van der Waals surface area contributed by atoms with E-state index in [4.69, 9.17) is 4.74 Å². The summed E-state index contributed by atoms with van der Waals surface area (Å²) in [5.74, 6) is 0.852. The zero-order valence-electron chi connectivity index (χ0n) is 9.62. The Morgan fingerprint density at radius 3 is 2.69 bits per heavy atom. The summed E-state index contributed by atoms with van der Waals surface area (Å²) in [6, 6.07) is 5.90. The average Bonchev–Trinajstić information content (AvgIpc) is 2.24. The summed E-state index contributed by atoms with van der Waals surface area (Å²) >= 11 is 0. The molecule has 0 aromatic heterocycles. The highest BCUT2D eigenvalue weighted by Gasteiger charge is 2.40. The third kappa shape index (κ3) is 1.54. The molecule has 0 radical (unpaired) electrons. The molecular formula is C13H15NO2. The number of carbonyl (C=O) groups excluding carboxylic acids is 1. The number of hydrogen-bond donors (Lipinski definition) is 0. The molecule has 1 aliphatic rings. The fraction of sp³-hybridized carbons (Fsp3) is 0.462.